The van der Waals surface area contributed by atoms with Gasteiger partial charge in [-0.15, -0.1) is 0 Å². The summed E-state index contributed by atoms with van der Waals surface area (Å²) >= 11 is 0. The lowest BCUT2D eigenvalue weighted by Gasteiger charge is -2.35. The van der Waals surface area contributed by atoms with Crippen molar-refractivity contribution in [1.29, 1.82) is 0 Å². The maximum atomic E-state index is 13.3. The Bertz CT molecular complexity index is 7500. The molecule has 6 saturated heterocycles. The average molecular weight is 2040 g/mol. The van der Waals surface area contributed by atoms with Gasteiger partial charge in [0, 0.05) is 95.6 Å². The van der Waals surface area contributed by atoms with Gasteiger partial charge >= 0.3 is 6.18 Å². The Morgan fingerprint density at radius 3 is 1.05 bits per heavy atom. The average Bonchev–Trinajstić information content (AvgIpc) is 1.63. The highest BCUT2D eigenvalue weighted by Crippen LogP contribution is 2.40. The molecule has 6 N–H and O–H groups in total. The largest absolute Gasteiger partial charge is 0.494 e. The third-order valence-corrected chi connectivity index (χ3v) is 29.2. The zero-order chi connectivity index (χ0) is 104. The van der Waals surface area contributed by atoms with Gasteiger partial charge < -0.3 is 63.1 Å². The molecule has 8 aliphatic rings. The first-order valence-electron chi connectivity index (χ1n) is 52.4. The third-order valence-electron chi connectivity index (χ3n) is 29.2. The number of alkyl halides is 3. The molecule has 148 heavy (non-hydrogen) atoms. The van der Waals surface area contributed by atoms with Gasteiger partial charge in [0.15, 0.2) is 33.9 Å². The first kappa shape index (κ1) is 105. The van der Waals surface area contributed by atoms with E-state index in [1.54, 1.807) is 41.9 Å². The normalized spacial score (nSPS) is 22.0. The summed E-state index contributed by atoms with van der Waals surface area (Å²) in [7, 11) is 0. The number of para-hydroxylation sites is 1. The zero-order valence-corrected chi connectivity index (χ0v) is 86.4. The fourth-order valence-corrected chi connectivity index (χ4v) is 21.6. The van der Waals surface area contributed by atoms with E-state index in [1.807, 2.05) is 79.7 Å². The maximum absolute atomic E-state index is 13.3. The van der Waals surface area contributed by atoms with Gasteiger partial charge in [-0.1, -0.05) is 101 Å². The molecule has 2 saturated carbocycles. The number of aromatic amines is 6. The number of H-pyrrole nitrogens is 6. The van der Waals surface area contributed by atoms with Crippen LogP contribution in [0.1, 0.15) is 299 Å². The van der Waals surface area contributed by atoms with E-state index >= 15 is 0 Å². The van der Waals surface area contributed by atoms with Crippen LogP contribution < -0.4 is 38.1 Å². The van der Waals surface area contributed by atoms with Crippen LogP contribution in [-0.4, -0.2) is 205 Å². The van der Waals surface area contributed by atoms with Crippen molar-refractivity contribution >= 4 is 66.2 Å². The minimum Gasteiger partial charge on any atom is -0.494 e. The molecule has 9 unspecified atom stereocenters. The van der Waals surface area contributed by atoms with Crippen LogP contribution in [0, 0.1) is 17.8 Å². The number of halogens is 3. The van der Waals surface area contributed by atoms with Gasteiger partial charge in [0.05, 0.1) is 121 Å². The van der Waals surface area contributed by atoms with Gasteiger partial charge in [0.2, 0.25) is 0 Å². The van der Waals surface area contributed by atoms with Crippen molar-refractivity contribution in [2.24, 2.45) is 17.8 Å². The summed E-state index contributed by atoms with van der Waals surface area (Å²) in [5, 5.41) is 29.8. The van der Waals surface area contributed by atoms with Crippen molar-refractivity contribution in [3.63, 3.8) is 0 Å². The minimum atomic E-state index is -4.47. The fourth-order valence-electron chi connectivity index (χ4n) is 21.6. The summed E-state index contributed by atoms with van der Waals surface area (Å²) in [6.45, 7) is 29.6. The van der Waals surface area contributed by atoms with Gasteiger partial charge in [-0.2, -0.15) is 43.8 Å². The highest BCUT2D eigenvalue weighted by Gasteiger charge is 2.39. The number of pyridine rings is 1. The van der Waals surface area contributed by atoms with Crippen LogP contribution in [0.5, 0.6) is 5.75 Å². The van der Waals surface area contributed by atoms with Crippen LogP contribution >= 0.6 is 0 Å². The highest BCUT2D eigenvalue weighted by molar-refractivity contribution is 5.77. The van der Waals surface area contributed by atoms with Crippen molar-refractivity contribution in [3.05, 3.63) is 230 Å². The number of benzene rings is 2. The van der Waals surface area contributed by atoms with Crippen molar-refractivity contribution in [1.82, 2.24) is 123 Å². The van der Waals surface area contributed by atoms with Crippen LogP contribution in [-0.2, 0) is 73.1 Å². The fraction of sp³-hybridized carbons (Fsp3) is 0.561. The number of rotatable bonds is 20. The van der Waals surface area contributed by atoms with Crippen LogP contribution in [0.4, 0.5) is 13.2 Å². The molecule has 2 aliphatic carbocycles. The summed E-state index contributed by atoms with van der Waals surface area (Å²) in [4.78, 5) is 124. The van der Waals surface area contributed by atoms with E-state index in [-0.39, 0.29) is 117 Å². The van der Waals surface area contributed by atoms with E-state index in [4.69, 9.17) is 48.1 Å². The Kier molecular flexibility index (Phi) is 32.4. The van der Waals surface area contributed by atoms with Gasteiger partial charge in [0.1, 0.15) is 73.0 Å². The second-order valence-electron chi connectivity index (χ2n) is 42.9. The molecule has 19 heterocycles. The van der Waals surface area contributed by atoms with E-state index < -0.39 is 17.3 Å². The molecule has 8 fully saturated rings. The number of fused-ring (bicyclic) bond motifs is 6. The predicted molar refractivity (Wildman–Crippen MR) is 552 cm³/mol. The topological polar surface area (TPSA) is 459 Å². The zero-order valence-electron chi connectivity index (χ0n) is 86.4. The van der Waals surface area contributed by atoms with Crippen molar-refractivity contribution in [3.8, 4) is 5.75 Å². The highest BCUT2D eigenvalue weighted by atomic mass is 19.4. The Hall–Kier alpha value is -13.0. The molecule has 13 aromatic heterocycles. The van der Waals surface area contributed by atoms with Crippen molar-refractivity contribution in [2.45, 2.75) is 321 Å². The Morgan fingerprint density at radius 2 is 0.703 bits per heavy atom. The number of hydrogen-bond donors (Lipinski definition) is 6. The van der Waals surface area contributed by atoms with Crippen LogP contribution in [0.15, 0.2) is 139 Å². The second-order valence-corrected chi connectivity index (χ2v) is 42.9. The van der Waals surface area contributed by atoms with Gasteiger partial charge in [0.25, 0.3) is 33.4 Å². The van der Waals surface area contributed by atoms with E-state index in [0.29, 0.717) is 130 Å². The number of ether oxygens (including phenoxy) is 7. The standard InChI is InChI=1S/C21H26N4O3.C19H19F3N4O2.C17H19N5O2.2C17H24N4O2.C16H24N4O2/c1-4-27-17-8-6-5-7-14(17)11-18-23-19-16(20(26)24-18)13-22-25(19)15-9-10-28-21(2,3)12-15;1-11-8-13(6-7-28-11)26-17-14(10-23-26)18(27)25-16(24-17)9-12-4-2-3-5-15(12)19(20,21)22;1-11-8-13(5-7-24-11)22-16-14(10-19-22)17(23)21-15(20-16)9-12-4-2-3-6-18-12;1-17(2)9-12(6-7-23-17)21-15-13(10-18-21)16(22)20-14(19-15)8-11-4-3-5-11;1-11-8-13(6-7-23-11)21-16-14(10-18-21)17(22)20-15(19-16)9-12-4-2-3-5-12;1-10(2)7-13-18-14-12(15(21)19-13)9-17-20(14)11-5-6-22-16(3,4)8-11/h5-8,13,15H,4,9-12H2,1-3H3,(H,23,24,26);2-5,10-11,13H,6-9H2,1H3,(H,24,25,27);2-4,6,10-11,13H,5,7-9H2,1H3,(H,20,21,23);10-12H,3-9H2,1-2H3,(H,19,20,22);10-13H,2-9H2,1H3,(H,19,20,22);9-11H,5-8H2,1-4H3,(H,18,19,21). The number of aromatic nitrogens is 25. The molecule has 788 valence electrons. The third kappa shape index (κ3) is 25.3. The first-order chi connectivity index (χ1) is 71.1. The molecule has 0 bridgehead atoms. The second kappa shape index (κ2) is 45.6. The minimum absolute atomic E-state index is 0.0332. The predicted octanol–water partition coefficient (Wildman–Crippen LogP) is 16.2. The molecule has 0 amide bonds. The molecule has 6 aliphatic heterocycles. The van der Waals surface area contributed by atoms with Crippen LogP contribution in [0.2, 0.25) is 0 Å². The van der Waals surface area contributed by atoms with Gasteiger partial charge in [-0.3, -0.25) is 33.8 Å². The monoisotopic (exact) mass is 2040 g/mol. The molecular formula is C107H136F3N25O13. The number of nitrogens with zero attached hydrogens (tertiary/aromatic N) is 19. The molecule has 41 heteroatoms. The molecule has 23 rings (SSSR count). The Labute approximate surface area is 852 Å². The SMILES string of the molecule is CC(C)Cc1nc2c(cnn2C2CCOC(C)(C)C2)c(=O)[nH]1.CC1(C)CC(n2ncc3c(=O)[nH]c(CC4CCC4)nc32)CCO1.CC1CC(n2ncc3c(=O)[nH]c(CC4CCCC4)nc32)CCO1.CC1CC(n2ncc3c(=O)[nH]c(Cc4ccccc4C(F)(F)F)nc32)CCO1.CC1CC(n2ncc3c(=O)[nH]c(Cc4ccccn4)nc32)CCO1.CCOc1ccccc1Cc1nc2c(cnn2C2CCOC(C)(C)C2)c(=O)[nH]1. The summed E-state index contributed by atoms with van der Waals surface area (Å²) in [5.74, 6) is 6.34. The van der Waals surface area contributed by atoms with Gasteiger partial charge in [-0.25, -0.2) is 58.0 Å². The maximum Gasteiger partial charge on any atom is 0.416 e. The lowest BCUT2D eigenvalue weighted by molar-refractivity contribution is -0.138. The van der Waals surface area contributed by atoms with E-state index in [0.717, 1.165) is 161 Å². The number of nitrogens with one attached hydrogen (secondary N) is 6. The summed E-state index contributed by atoms with van der Waals surface area (Å²) < 4.78 is 90.9. The summed E-state index contributed by atoms with van der Waals surface area (Å²) in [6, 6.07) is 20.0. The summed E-state index contributed by atoms with van der Waals surface area (Å²) in [5.41, 5.74) is 3.54. The molecule has 2 aromatic carbocycles. The quantitative estimate of drug-likeness (QED) is 0.0413. The van der Waals surface area contributed by atoms with E-state index in [2.05, 4.69) is 150 Å². The first-order valence-corrected chi connectivity index (χ1v) is 52.4. The Morgan fingerprint density at radius 1 is 0.385 bits per heavy atom. The van der Waals surface area contributed by atoms with E-state index in [9.17, 15) is 41.9 Å². The van der Waals surface area contributed by atoms with Crippen molar-refractivity contribution in [2.75, 3.05) is 46.2 Å². The Balaban J connectivity index is 0.000000116. The number of hydrogen-bond acceptors (Lipinski definition) is 26. The molecule has 0 radical (unpaired) electrons. The van der Waals surface area contributed by atoms with Crippen LogP contribution in [0.25, 0.3) is 66.2 Å². The molecule has 15 aromatic rings. The smallest absolute Gasteiger partial charge is 0.416 e. The molecule has 9 atom stereocenters. The van der Waals surface area contributed by atoms with Crippen LogP contribution in [0.3, 0.4) is 0 Å². The molecular weight excluding hydrogens is 1900 g/mol. The lowest BCUT2D eigenvalue weighted by Crippen LogP contribution is -2.35. The van der Waals surface area contributed by atoms with E-state index in [1.165, 1.54) is 69.3 Å². The lowest BCUT2D eigenvalue weighted by atomic mass is 9.83. The van der Waals surface area contributed by atoms with Crippen molar-refractivity contribution < 1.29 is 46.3 Å². The molecule has 38 nitrogen and oxygen atoms in total. The summed E-state index contributed by atoms with van der Waals surface area (Å²) in [6.07, 6.45) is 29.9. The molecule has 0 spiro atoms. The van der Waals surface area contributed by atoms with Gasteiger partial charge in [-0.05, 0) is 194 Å².